The van der Waals surface area contributed by atoms with Crippen LogP contribution in [-0.2, 0) is 23.2 Å². The van der Waals surface area contributed by atoms with E-state index in [1.54, 1.807) is 41.0 Å². The number of halogens is 2. The molecule has 3 rings (SSSR count). The maximum Gasteiger partial charge on any atom is 0.244 e. The van der Waals surface area contributed by atoms with E-state index >= 15 is 0 Å². The second-order valence-corrected chi connectivity index (χ2v) is 6.81. The number of carbonyl (C=O) groups is 2. The molecule has 1 aromatic carbocycles. The summed E-state index contributed by atoms with van der Waals surface area (Å²) in [5, 5.41) is 7.80. The molecule has 1 unspecified atom stereocenters. The van der Waals surface area contributed by atoms with Gasteiger partial charge in [0.2, 0.25) is 11.8 Å². The Balaban J connectivity index is 0.00000261. The van der Waals surface area contributed by atoms with Gasteiger partial charge in [-0.2, -0.15) is 5.10 Å². The van der Waals surface area contributed by atoms with Gasteiger partial charge in [0, 0.05) is 43.5 Å². The second kappa shape index (κ2) is 9.21. The lowest BCUT2D eigenvalue weighted by atomic mass is 10.1. The predicted molar refractivity (Wildman–Crippen MR) is 106 cm³/mol. The fraction of sp³-hybridized carbons (Fsp3) is 0.389. The number of nitrogens with zero attached hydrogens (tertiary/aromatic N) is 4. The molecule has 0 aliphatic carbocycles. The van der Waals surface area contributed by atoms with Crippen LogP contribution in [0.1, 0.15) is 17.2 Å². The fourth-order valence-corrected chi connectivity index (χ4v) is 3.20. The summed E-state index contributed by atoms with van der Waals surface area (Å²) < 4.78 is 1.65. The number of hydrogen-bond donors (Lipinski definition) is 1. The molecule has 1 saturated heterocycles. The Morgan fingerprint density at radius 2 is 2.00 bits per heavy atom. The van der Waals surface area contributed by atoms with Crippen molar-refractivity contribution in [3.05, 3.63) is 52.8 Å². The summed E-state index contributed by atoms with van der Waals surface area (Å²) in [6.07, 6.45) is 3.47. The largest absolute Gasteiger partial charge is 0.335 e. The molecule has 2 aromatic rings. The summed E-state index contributed by atoms with van der Waals surface area (Å²) in [6.45, 7) is 1.63. The molecular weight excluding hydrogens is 389 g/mol. The van der Waals surface area contributed by atoms with Crippen molar-refractivity contribution in [1.29, 1.82) is 0 Å². The van der Waals surface area contributed by atoms with Crippen molar-refractivity contribution in [1.82, 2.24) is 24.9 Å². The molecule has 9 heteroatoms. The van der Waals surface area contributed by atoms with E-state index in [0.29, 0.717) is 24.7 Å². The quantitative estimate of drug-likeness (QED) is 0.811. The third kappa shape index (κ3) is 5.00. The van der Waals surface area contributed by atoms with Gasteiger partial charge in [-0.05, 0) is 24.7 Å². The van der Waals surface area contributed by atoms with Crippen LogP contribution in [-0.4, -0.2) is 58.1 Å². The minimum atomic E-state index is -0.501. The smallest absolute Gasteiger partial charge is 0.244 e. The molecule has 1 N–H and O–H groups in total. The van der Waals surface area contributed by atoms with Gasteiger partial charge in [-0.1, -0.05) is 23.7 Å². The van der Waals surface area contributed by atoms with E-state index in [0.717, 1.165) is 11.1 Å². The lowest BCUT2D eigenvalue weighted by molar-refractivity contribution is -0.146. The highest BCUT2D eigenvalue weighted by Gasteiger charge is 2.31. The van der Waals surface area contributed by atoms with Crippen LogP contribution >= 0.6 is 24.0 Å². The lowest BCUT2D eigenvalue weighted by Crippen LogP contribution is -2.53. The van der Waals surface area contributed by atoms with Crippen molar-refractivity contribution in [2.75, 3.05) is 26.7 Å². The SMILES string of the molecule is CNC(C(=O)N1CCN(Cc2ccc(Cl)cc2)C(=O)C1)c1cnn(C)c1.Cl. The summed E-state index contributed by atoms with van der Waals surface area (Å²) in [6, 6.07) is 6.94. The van der Waals surface area contributed by atoms with Crippen molar-refractivity contribution in [3.8, 4) is 0 Å². The molecule has 1 aliphatic rings. The highest BCUT2D eigenvalue weighted by molar-refractivity contribution is 6.30. The minimum Gasteiger partial charge on any atom is -0.335 e. The van der Waals surface area contributed by atoms with Gasteiger partial charge >= 0.3 is 0 Å². The Bertz CT molecular complexity index is 793. The van der Waals surface area contributed by atoms with E-state index in [4.69, 9.17) is 11.6 Å². The average Bonchev–Trinajstić information content (AvgIpc) is 3.05. The number of hydrogen-bond acceptors (Lipinski definition) is 4. The summed E-state index contributed by atoms with van der Waals surface area (Å²) in [7, 11) is 3.54. The first kappa shape index (κ1) is 21.2. The van der Waals surface area contributed by atoms with Gasteiger partial charge in [0.05, 0.1) is 12.7 Å². The number of aryl methyl sites for hydroxylation is 1. The average molecular weight is 412 g/mol. The Morgan fingerprint density at radius 1 is 1.30 bits per heavy atom. The lowest BCUT2D eigenvalue weighted by Gasteiger charge is -2.36. The topological polar surface area (TPSA) is 70.5 Å². The van der Waals surface area contributed by atoms with Crippen LogP contribution < -0.4 is 5.32 Å². The molecule has 2 heterocycles. The normalized spacial score (nSPS) is 15.4. The Kier molecular flexibility index (Phi) is 7.24. The molecule has 1 fully saturated rings. The summed E-state index contributed by atoms with van der Waals surface area (Å²) in [5.41, 5.74) is 1.81. The zero-order valence-electron chi connectivity index (χ0n) is 15.3. The van der Waals surface area contributed by atoms with Crippen LogP contribution in [0, 0.1) is 0 Å². The Labute approximate surface area is 169 Å². The predicted octanol–water partition coefficient (Wildman–Crippen LogP) is 1.63. The maximum absolute atomic E-state index is 12.8. The van der Waals surface area contributed by atoms with Crippen LogP contribution in [0.2, 0.25) is 5.02 Å². The molecule has 1 aliphatic heterocycles. The third-order valence-electron chi connectivity index (χ3n) is 4.51. The van der Waals surface area contributed by atoms with E-state index < -0.39 is 6.04 Å². The first-order chi connectivity index (χ1) is 12.5. The van der Waals surface area contributed by atoms with E-state index in [1.165, 1.54) is 0 Å². The number of rotatable bonds is 5. The van der Waals surface area contributed by atoms with Gasteiger partial charge < -0.3 is 15.1 Å². The molecule has 146 valence electrons. The molecule has 7 nitrogen and oxygen atoms in total. The molecule has 0 bridgehead atoms. The first-order valence-corrected chi connectivity index (χ1v) is 8.82. The van der Waals surface area contributed by atoms with Crippen molar-refractivity contribution in [2.24, 2.45) is 7.05 Å². The van der Waals surface area contributed by atoms with Crippen molar-refractivity contribution < 1.29 is 9.59 Å². The monoisotopic (exact) mass is 411 g/mol. The second-order valence-electron chi connectivity index (χ2n) is 6.37. The highest BCUT2D eigenvalue weighted by atomic mass is 35.5. The number of piperazine rings is 1. The van der Waals surface area contributed by atoms with E-state index in [1.807, 2.05) is 24.3 Å². The number of aromatic nitrogens is 2. The first-order valence-electron chi connectivity index (χ1n) is 8.44. The van der Waals surface area contributed by atoms with Gasteiger partial charge in [0.15, 0.2) is 0 Å². The molecule has 0 spiro atoms. The highest BCUT2D eigenvalue weighted by Crippen LogP contribution is 2.18. The van der Waals surface area contributed by atoms with Crippen LogP contribution in [0.4, 0.5) is 0 Å². The minimum absolute atomic E-state index is 0. The van der Waals surface area contributed by atoms with Crippen LogP contribution in [0.25, 0.3) is 0 Å². The fourth-order valence-electron chi connectivity index (χ4n) is 3.08. The summed E-state index contributed by atoms with van der Waals surface area (Å²) >= 11 is 5.90. The molecule has 2 amide bonds. The number of carbonyl (C=O) groups excluding carboxylic acids is 2. The molecule has 0 saturated carbocycles. The van der Waals surface area contributed by atoms with E-state index in [9.17, 15) is 9.59 Å². The van der Waals surface area contributed by atoms with Gasteiger partial charge in [-0.15, -0.1) is 12.4 Å². The maximum atomic E-state index is 12.8. The zero-order chi connectivity index (χ0) is 18.7. The van der Waals surface area contributed by atoms with Gasteiger partial charge in [-0.25, -0.2) is 0 Å². The summed E-state index contributed by atoms with van der Waals surface area (Å²) in [4.78, 5) is 28.7. The zero-order valence-corrected chi connectivity index (χ0v) is 16.8. The molecule has 27 heavy (non-hydrogen) atoms. The number of nitrogens with one attached hydrogen (secondary N) is 1. The Morgan fingerprint density at radius 3 is 2.56 bits per heavy atom. The van der Waals surface area contributed by atoms with Crippen LogP contribution in [0.3, 0.4) is 0 Å². The Hall–Kier alpha value is -2.09. The van der Waals surface area contributed by atoms with Crippen molar-refractivity contribution in [2.45, 2.75) is 12.6 Å². The van der Waals surface area contributed by atoms with Gasteiger partial charge in [0.25, 0.3) is 0 Å². The molecule has 0 radical (unpaired) electrons. The van der Waals surface area contributed by atoms with Gasteiger partial charge in [0.1, 0.15) is 6.04 Å². The van der Waals surface area contributed by atoms with E-state index in [2.05, 4.69) is 10.4 Å². The van der Waals surface area contributed by atoms with Crippen molar-refractivity contribution in [3.63, 3.8) is 0 Å². The summed E-state index contributed by atoms with van der Waals surface area (Å²) in [5.74, 6) is -0.166. The van der Waals surface area contributed by atoms with E-state index in [-0.39, 0.29) is 30.8 Å². The van der Waals surface area contributed by atoms with Crippen molar-refractivity contribution >= 4 is 35.8 Å². The molecule has 1 aromatic heterocycles. The molecule has 1 atom stereocenters. The van der Waals surface area contributed by atoms with Gasteiger partial charge in [-0.3, -0.25) is 14.3 Å². The standard InChI is InChI=1S/C18H22ClN5O2.ClH/c1-20-17(14-9-21-22(2)11-14)18(26)24-8-7-23(16(25)12-24)10-13-3-5-15(19)6-4-13;/h3-6,9,11,17,20H,7-8,10,12H2,1-2H3;1H. The third-order valence-corrected chi connectivity index (χ3v) is 4.76. The van der Waals surface area contributed by atoms with Crippen LogP contribution in [0.5, 0.6) is 0 Å². The number of benzene rings is 1. The molecular formula is C18H23Cl2N5O2. The number of likely N-dealkylation sites (N-methyl/N-ethyl adjacent to an activating group) is 1. The number of amides is 2. The van der Waals surface area contributed by atoms with Crippen LogP contribution in [0.15, 0.2) is 36.7 Å².